The predicted molar refractivity (Wildman–Crippen MR) is 52.0 cm³/mol. The summed E-state index contributed by atoms with van der Waals surface area (Å²) in [6, 6.07) is 0. The standard InChI is InChI=1S/C6HCl2F3IN/c7-3-4(12)2(6(9,10)11)1-13-5(3)8/h1H. The number of halogens is 6. The molecule has 0 N–H and O–H groups in total. The van der Waals surface area contributed by atoms with E-state index in [2.05, 4.69) is 4.98 Å². The van der Waals surface area contributed by atoms with Crippen molar-refractivity contribution in [2.45, 2.75) is 6.18 Å². The van der Waals surface area contributed by atoms with Crippen LogP contribution in [0.15, 0.2) is 6.20 Å². The molecule has 0 aromatic carbocycles. The monoisotopic (exact) mass is 341 g/mol. The van der Waals surface area contributed by atoms with Gasteiger partial charge >= 0.3 is 6.18 Å². The van der Waals surface area contributed by atoms with E-state index in [0.29, 0.717) is 6.20 Å². The number of alkyl halides is 3. The Morgan fingerprint density at radius 2 is 1.85 bits per heavy atom. The average Bonchev–Trinajstić information content (AvgIpc) is 1.98. The maximum atomic E-state index is 12.2. The van der Waals surface area contributed by atoms with E-state index in [0.717, 1.165) is 0 Å². The van der Waals surface area contributed by atoms with Crippen LogP contribution in [0, 0.1) is 3.57 Å². The molecule has 0 amide bonds. The molecule has 0 atom stereocenters. The maximum absolute atomic E-state index is 12.2. The van der Waals surface area contributed by atoms with E-state index in [1.165, 1.54) is 22.6 Å². The van der Waals surface area contributed by atoms with Crippen LogP contribution in [0.25, 0.3) is 0 Å². The largest absolute Gasteiger partial charge is 0.418 e. The number of aromatic nitrogens is 1. The Morgan fingerprint density at radius 1 is 1.31 bits per heavy atom. The third-order valence-corrected chi connectivity index (χ3v) is 3.41. The minimum Gasteiger partial charge on any atom is -0.242 e. The Hall–Kier alpha value is 0.250. The van der Waals surface area contributed by atoms with Crippen LogP contribution in [0.3, 0.4) is 0 Å². The molecule has 0 bridgehead atoms. The molecular weight excluding hydrogens is 341 g/mol. The normalized spacial score (nSPS) is 11.8. The van der Waals surface area contributed by atoms with Crippen LogP contribution in [0.1, 0.15) is 5.56 Å². The van der Waals surface area contributed by atoms with Crippen LogP contribution in [0.2, 0.25) is 10.2 Å². The zero-order chi connectivity index (χ0) is 10.2. The molecule has 1 rings (SSSR count). The highest BCUT2D eigenvalue weighted by atomic mass is 127. The first kappa shape index (κ1) is 11.3. The molecule has 0 unspecified atom stereocenters. The molecule has 13 heavy (non-hydrogen) atoms. The van der Waals surface area contributed by atoms with Crippen LogP contribution in [-0.2, 0) is 6.18 Å². The number of hydrogen-bond donors (Lipinski definition) is 0. The highest BCUT2D eigenvalue weighted by molar-refractivity contribution is 14.1. The smallest absolute Gasteiger partial charge is 0.242 e. The molecule has 0 aliphatic carbocycles. The van der Waals surface area contributed by atoms with Crippen LogP contribution in [0.5, 0.6) is 0 Å². The fourth-order valence-corrected chi connectivity index (χ4v) is 1.79. The predicted octanol–water partition coefficient (Wildman–Crippen LogP) is 4.01. The van der Waals surface area contributed by atoms with E-state index in [-0.39, 0.29) is 13.7 Å². The van der Waals surface area contributed by atoms with Crippen LogP contribution in [0.4, 0.5) is 13.2 Å². The van der Waals surface area contributed by atoms with Crippen molar-refractivity contribution in [2.24, 2.45) is 0 Å². The zero-order valence-electron chi connectivity index (χ0n) is 5.79. The molecule has 0 saturated heterocycles. The quantitative estimate of drug-likeness (QED) is 0.513. The summed E-state index contributed by atoms with van der Waals surface area (Å²) >= 11 is 12.4. The summed E-state index contributed by atoms with van der Waals surface area (Å²) in [4.78, 5) is 3.31. The van der Waals surface area contributed by atoms with Crippen molar-refractivity contribution in [3.05, 3.63) is 25.5 Å². The van der Waals surface area contributed by atoms with Gasteiger partial charge in [0.05, 0.1) is 10.6 Å². The number of rotatable bonds is 0. The molecule has 0 fully saturated rings. The first-order chi connectivity index (χ1) is 5.84. The first-order valence-corrected chi connectivity index (χ1v) is 4.74. The van der Waals surface area contributed by atoms with Gasteiger partial charge in [-0.3, -0.25) is 0 Å². The molecule has 0 radical (unpaired) electrons. The fourth-order valence-electron chi connectivity index (χ4n) is 0.641. The topological polar surface area (TPSA) is 12.9 Å². The van der Waals surface area contributed by atoms with Gasteiger partial charge in [0.1, 0.15) is 5.15 Å². The van der Waals surface area contributed by atoms with E-state index in [4.69, 9.17) is 23.2 Å². The highest BCUT2D eigenvalue weighted by Gasteiger charge is 2.34. The van der Waals surface area contributed by atoms with Crippen molar-refractivity contribution in [1.82, 2.24) is 4.98 Å². The lowest BCUT2D eigenvalue weighted by atomic mass is 10.3. The van der Waals surface area contributed by atoms with Gasteiger partial charge in [-0.25, -0.2) is 4.98 Å². The molecule has 0 aliphatic heterocycles. The summed E-state index contributed by atoms with van der Waals surface area (Å²) in [6.45, 7) is 0. The second kappa shape index (κ2) is 3.78. The van der Waals surface area contributed by atoms with Crippen LogP contribution in [-0.4, -0.2) is 4.98 Å². The summed E-state index contributed by atoms with van der Waals surface area (Å²) in [5, 5.41) is -0.295. The van der Waals surface area contributed by atoms with Crippen molar-refractivity contribution in [3.8, 4) is 0 Å². The SMILES string of the molecule is FC(F)(F)c1cnc(Cl)c(Cl)c1I. The summed E-state index contributed by atoms with van der Waals surface area (Å²) in [5.74, 6) is 0. The number of hydrogen-bond acceptors (Lipinski definition) is 1. The third kappa shape index (κ3) is 2.38. The minimum absolute atomic E-state index is 0.126. The van der Waals surface area contributed by atoms with E-state index >= 15 is 0 Å². The Balaban J connectivity index is 3.35. The van der Waals surface area contributed by atoms with Crippen molar-refractivity contribution in [2.75, 3.05) is 0 Å². The molecule has 1 aromatic heterocycles. The molecule has 7 heteroatoms. The van der Waals surface area contributed by atoms with Gasteiger partial charge in [-0.2, -0.15) is 13.2 Å². The number of nitrogens with zero attached hydrogens (tertiary/aromatic N) is 1. The van der Waals surface area contributed by atoms with Crippen LogP contribution < -0.4 is 0 Å². The molecule has 0 saturated carbocycles. The lowest BCUT2D eigenvalue weighted by Gasteiger charge is -2.09. The van der Waals surface area contributed by atoms with E-state index in [1.54, 1.807) is 0 Å². The number of pyridine rings is 1. The van der Waals surface area contributed by atoms with Crippen molar-refractivity contribution < 1.29 is 13.2 Å². The molecule has 0 aliphatic rings. The first-order valence-electron chi connectivity index (χ1n) is 2.90. The van der Waals surface area contributed by atoms with Gasteiger partial charge < -0.3 is 0 Å². The lowest BCUT2D eigenvalue weighted by molar-refractivity contribution is -0.138. The maximum Gasteiger partial charge on any atom is 0.418 e. The minimum atomic E-state index is -4.45. The fraction of sp³-hybridized carbons (Fsp3) is 0.167. The second-order valence-electron chi connectivity index (χ2n) is 2.09. The van der Waals surface area contributed by atoms with Gasteiger partial charge in [0.2, 0.25) is 0 Å². The Bertz CT molecular complexity index is 339. The van der Waals surface area contributed by atoms with Gasteiger partial charge in [0, 0.05) is 9.77 Å². The molecular formula is C6HCl2F3IN. The second-order valence-corrected chi connectivity index (χ2v) is 3.90. The highest BCUT2D eigenvalue weighted by Crippen LogP contribution is 2.37. The summed E-state index contributed by atoms with van der Waals surface area (Å²) in [6.07, 6.45) is -3.78. The molecule has 1 heterocycles. The summed E-state index contributed by atoms with van der Waals surface area (Å²) in [7, 11) is 0. The zero-order valence-corrected chi connectivity index (χ0v) is 9.46. The van der Waals surface area contributed by atoms with Crippen molar-refractivity contribution in [3.63, 3.8) is 0 Å². The van der Waals surface area contributed by atoms with Crippen molar-refractivity contribution in [1.29, 1.82) is 0 Å². The molecule has 1 aromatic rings. The molecule has 72 valence electrons. The van der Waals surface area contributed by atoms with Crippen molar-refractivity contribution >= 4 is 45.8 Å². The Labute approximate surface area is 95.4 Å². The van der Waals surface area contributed by atoms with E-state index in [9.17, 15) is 13.2 Å². The Morgan fingerprint density at radius 3 is 2.31 bits per heavy atom. The van der Waals surface area contributed by atoms with Gasteiger partial charge in [-0.15, -0.1) is 0 Å². The third-order valence-electron chi connectivity index (χ3n) is 1.22. The summed E-state index contributed by atoms with van der Waals surface area (Å²) in [5.41, 5.74) is -0.873. The van der Waals surface area contributed by atoms with Gasteiger partial charge in [0.15, 0.2) is 0 Å². The van der Waals surface area contributed by atoms with Gasteiger partial charge in [0.25, 0.3) is 0 Å². The van der Waals surface area contributed by atoms with Gasteiger partial charge in [-0.1, -0.05) is 23.2 Å². The summed E-state index contributed by atoms with van der Waals surface area (Å²) < 4.78 is 36.5. The lowest BCUT2D eigenvalue weighted by Crippen LogP contribution is -2.08. The molecule has 1 nitrogen and oxygen atoms in total. The Kier molecular flexibility index (Phi) is 3.29. The van der Waals surface area contributed by atoms with E-state index < -0.39 is 11.7 Å². The van der Waals surface area contributed by atoms with Gasteiger partial charge in [-0.05, 0) is 22.6 Å². The average molecular weight is 342 g/mol. The van der Waals surface area contributed by atoms with Crippen LogP contribution >= 0.6 is 45.8 Å². The molecule has 0 spiro atoms. The van der Waals surface area contributed by atoms with E-state index in [1.807, 2.05) is 0 Å².